The molecule has 6 nitrogen and oxygen atoms in total. The number of carbonyl (C=O) groups excluding carboxylic acids is 1. The van der Waals surface area contributed by atoms with Crippen molar-refractivity contribution in [1.29, 1.82) is 0 Å². The number of thiazole rings is 1. The van der Waals surface area contributed by atoms with E-state index in [1.165, 1.54) is 11.3 Å². The number of pyridine rings is 1. The maximum absolute atomic E-state index is 12.5. The number of nitrogens with zero attached hydrogens (tertiary/aromatic N) is 4. The number of rotatable bonds is 4. The average molecular weight is 384 g/mol. The zero-order valence-electron chi connectivity index (χ0n) is 13.8. The molecule has 1 aromatic carbocycles. The molecule has 0 bridgehead atoms. The summed E-state index contributed by atoms with van der Waals surface area (Å²) >= 11 is 7.32. The van der Waals surface area contributed by atoms with E-state index in [2.05, 4.69) is 20.5 Å². The number of fused-ring (bicyclic) bond motifs is 1. The molecule has 0 aliphatic rings. The number of aromatic nitrogens is 4. The number of amides is 1. The van der Waals surface area contributed by atoms with Crippen molar-refractivity contribution >= 4 is 34.5 Å². The first-order valence-corrected chi connectivity index (χ1v) is 9.19. The summed E-state index contributed by atoms with van der Waals surface area (Å²) in [5, 5.41) is 14.4. The molecule has 1 amide bonds. The number of carbonyl (C=O) groups is 1. The Balaban J connectivity index is 1.52. The summed E-state index contributed by atoms with van der Waals surface area (Å²) in [7, 11) is 0. The van der Waals surface area contributed by atoms with E-state index in [9.17, 15) is 4.79 Å². The number of nitrogens with one attached hydrogen (secondary N) is 1. The van der Waals surface area contributed by atoms with Crippen LogP contribution in [0.3, 0.4) is 0 Å². The minimum Gasteiger partial charge on any atom is -0.341 e. The Bertz CT molecular complexity index is 1070. The molecule has 0 aliphatic heterocycles. The lowest BCUT2D eigenvalue weighted by molar-refractivity contribution is 0.0934. The van der Waals surface area contributed by atoms with Gasteiger partial charge in [0.05, 0.1) is 6.04 Å². The van der Waals surface area contributed by atoms with Gasteiger partial charge in [0.25, 0.3) is 5.91 Å². The fourth-order valence-corrected chi connectivity index (χ4v) is 3.53. The molecule has 0 fully saturated rings. The quantitative estimate of drug-likeness (QED) is 0.578. The summed E-state index contributed by atoms with van der Waals surface area (Å²) in [6, 6.07) is 12.7. The summed E-state index contributed by atoms with van der Waals surface area (Å²) in [6.45, 7) is 1.87. The number of benzene rings is 1. The minimum atomic E-state index is -0.305. The molecule has 1 atom stereocenters. The van der Waals surface area contributed by atoms with E-state index in [4.69, 9.17) is 11.6 Å². The summed E-state index contributed by atoms with van der Waals surface area (Å²) < 4.78 is 1.85. The van der Waals surface area contributed by atoms with Crippen LogP contribution in [0.1, 0.15) is 29.3 Å². The summed E-state index contributed by atoms with van der Waals surface area (Å²) in [5.41, 5.74) is 2.04. The first kappa shape index (κ1) is 16.7. The Morgan fingerprint density at radius 3 is 2.81 bits per heavy atom. The molecule has 130 valence electrons. The number of hydrogen-bond acceptors (Lipinski definition) is 5. The normalized spacial score (nSPS) is 12.2. The van der Waals surface area contributed by atoms with Crippen LogP contribution in [0.4, 0.5) is 0 Å². The highest BCUT2D eigenvalue weighted by Gasteiger charge is 2.18. The van der Waals surface area contributed by atoms with Crippen molar-refractivity contribution in [2.45, 2.75) is 13.0 Å². The lowest BCUT2D eigenvalue weighted by Crippen LogP contribution is -2.28. The van der Waals surface area contributed by atoms with E-state index in [1.54, 1.807) is 17.5 Å². The second kappa shape index (κ2) is 6.86. The highest BCUT2D eigenvalue weighted by Crippen LogP contribution is 2.25. The fraction of sp³-hybridized carbons (Fsp3) is 0.111. The van der Waals surface area contributed by atoms with Crippen LogP contribution in [0.15, 0.2) is 54.0 Å². The molecule has 4 rings (SSSR count). The maximum atomic E-state index is 12.5. The van der Waals surface area contributed by atoms with E-state index in [0.29, 0.717) is 16.5 Å². The van der Waals surface area contributed by atoms with Crippen molar-refractivity contribution in [1.82, 2.24) is 24.9 Å². The van der Waals surface area contributed by atoms with Crippen molar-refractivity contribution < 1.29 is 4.79 Å². The topological polar surface area (TPSA) is 72.2 Å². The standard InChI is InChI=1S/C18H14ClN5OS/c1-11(16-23-22-15-4-2-3-9-24(15)16)20-17(25)14-10-26-18(21-14)12-5-7-13(19)8-6-12/h2-11H,1H3,(H,20,25). The molecule has 0 aliphatic carbocycles. The lowest BCUT2D eigenvalue weighted by atomic mass is 10.2. The maximum Gasteiger partial charge on any atom is 0.271 e. The Labute approximate surface area is 158 Å². The van der Waals surface area contributed by atoms with Crippen LogP contribution < -0.4 is 5.32 Å². The van der Waals surface area contributed by atoms with Gasteiger partial charge in [-0.2, -0.15) is 0 Å². The van der Waals surface area contributed by atoms with E-state index < -0.39 is 0 Å². The molecule has 0 saturated heterocycles. The second-order valence-electron chi connectivity index (χ2n) is 5.73. The van der Waals surface area contributed by atoms with E-state index in [-0.39, 0.29) is 11.9 Å². The molecule has 1 N–H and O–H groups in total. The van der Waals surface area contributed by atoms with Crippen molar-refractivity contribution in [3.63, 3.8) is 0 Å². The first-order chi connectivity index (χ1) is 12.6. The Morgan fingerprint density at radius 2 is 2.00 bits per heavy atom. The zero-order chi connectivity index (χ0) is 18.1. The summed E-state index contributed by atoms with van der Waals surface area (Å²) in [4.78, 5) is 17.0. The van der Waals surface area contributed by atoms with Crippen molar-refractivity contribution in [2.75, 3.05) is 0 Å². The highest BCUT2D eigenvalue weighted by molar-refractivity contribution is 7.13. The lowest BCUT2D eigenvalue weighted by Gasteiger charge is -2.11. The van der Waals surface area contributed by atoms with Crippen LogP contribution in [0.25, 0.3) is 16.2 Å². The van der Waals surface area contributed by atoms with Gasteiger partial charge in [-0.15, -0.1) is 21.5 Å². The van der Waals surface area contributed by atoms with Crippen LogP contribution in [0.5, 0.6) is 0 Å². The molecule has 0 saturated carbocycles. The molecule has 8 heteroatoms. The smallest absolute Gasteiger partial charge is 0.271 e. The Morgan fingerprint density at radius 1 is 1.19 bits per heavy atom. The molecule has 0 spiro atoms. The zero-order valence-corrected chi connectivity index (χ0v) is 15.3. The molecule has 3 aromatic heterocycles. The largest absolute Gasteiger partial charge is 0.341 e. The third-order valence-corrected chi connectivity index (χ3v) is 5.05. The predicted molar refractivity (Wildman–Crippen MR) is 101 cm³/mol. The third kappa shape index (κ3) is 3.18. The minimum absolute atomic E-state index is 0.248. The van der Waals surface area contributed by atoms with Gasteiger partial charge in [0.1, 0.15) is 10.7 Å². The molecule has 4 aromatic rings. The highest BCUT2D eigenvalue weighted by atomic mass is 35.5. The van der Waals surface area contributed by atoms with Crippen molar-refractivity contribution in [3.05, 3.63) is 70.6 Å². The second-order valence-corrected chi connectivity index (χ2v) is 7.02. The van der Waals surface area contributed by atoms with Crippen LogP contribution in [-0.4, -0.2) is 25.5 Å². The van der Waals surface area contributed by atoms with Gasteiger partial charge >= 0.3 is 0 Å². The summed E-state index contributed by atoms with van der Waals surface area (Å²) in [6.07, 6.45) is 1.87. The van der Waals surface area contributed by atoms with Gasteiger partial charge in [0.15, 0.2) is 11.5 Å². The Kier molecular flexibility index (Phi) is 4.40. The third-order valence-electron chi connectivity index (χ3n) is 3.90. The molecule has 0 radical (unpaired) electrons. The molecular weight excluding hydrogens is 370 g/mol. The Hall–Kier alpha value is -2.77. The van der Waals surface area contributed by atoms with Crippen LogP contribution in [0, 0.1) is 0 Å². The fourth-order valence-electron chi connectivity index (χ4n) is 2.59. The number of hydrogen-bond donors (Lipinski definition) is 1. The van der Waals surface area contributed by atoms with Crippen LogP contribution >= 0.6 is 22.9 Å². The van der Waals surface area contributed by atoms with Gasteiger partial charge in [0, 0.05) is 22.2 Å². The van der Waals surface area contributed by atoms with Crippen LogP contribution in [-0.2, 0) is 0 Å². The van der Waals surface area contributed by atoms with Gasteiger partial charge in [-0.05, 0) is 31.2 Å². The molecule has 26 heavy (non-hydrogen) atoms. The van der Waals surface area contributed by atoms with Gasteiger partial charge in [-0.3, -0.25) is 9.20 Å². The van der Waals surface area contributed by atoms with Crippen LogP contribution in [0.2, 0.25) is 5.02 Å². The van der Waals surface area contributed by atoms with Crippen molar-refractivity contribution in [3.8, 4) is 10.6 Å². The van der Waals surface area contributed by atoms with E-state index >= 15 is 0 Å². The van der Waals surface area contributed by atoms with Gasteiger partial charge in [-0.25, -0.2) is 4.98 Å². The van der Waals surface area contributed by atoms with Crippen molar-refractivity contribution in [2.24, 2.45) is 0 Å². The average Bonchev–Trinajstić information content (AvgIpc) is 3.30. The van der Waals surface area contributed by atoms with Gasteiger partial charge < -0.3 is 5.32 Å². The summed E-state index contributed by atoms with van der Waals surface area (Å²) in [5.74, 6) is 0.420. The first-order valence-electron chi connectivity index (χ1n) is 7.94. The van der Waals surface area contributed by atoms with E-state index in [0.717, 1.165) is 16.2 Å². The monoisotopic (exact) mass is 383 g/mol. The SMILES string of the molecule is CC(NC(=O)c1csc(-c2ccc(Cl)cc2)n1)c1nnc2ccccn12. The predicted octanol–water partition coefficient (Wildman–Crippen LogP) is 4.00. The molecule has 1 unspecified atom stereocenters. The number of halogens is 1. The van der Waals surface area contributed by atoms with Gasteiger partial charge in [-0.1, -0.05) is 29.8 Å². The molecular formula is C18H14ClN5OS. The molecule has 3 heterocycles. The van der Waals surface area contributed by atoms with Gasteiger partial charge in [0.2, 0.25) is 0 Å². The van der Waals surface area contributed by atoms with E-state index in [1.807, 2.05) is 47.9 Å².